The smallest absolute Gasteiger partial charge is 0.326 e. The van der Waals surface area contributed by atoms with E-state index >= 15 is 0 Å². The molecule has 174 valence electrons. The van der Waals surface area contributed by atoms with Crippen molar-refractivity contribution in [3.05, 3.63) is 99.2 Å². The maximum Gasteiger partial charge on any atom is 0.326 e. The van der Waals surface area contributed by atoms with Crippen LogP contribution in [0.5, 0.6) is 5.88 Å². The summed E-state index contributed by atoms with van der Waals surface area (Å²) in [5.74, 6) is 0.436. The average Bonchev–Trinajstić information content (AvgIpc) is 3.51. The molecular formula is C26H23N7O2. The number of aromatic amines is 2. The fourth-order valence-corrected chi connectivity index (χ4v) is 4.12. The quantitative estimate of drug-likeness (QED) is 0.353. The number of aryl methyl sites for hydroxylation is 2. The largest absolute Gasteiger partial charge is 0.493 e. The van der Waals surface area contributed by atoms with Gasteiger partial charge in [0.25, 0.3) is 0 Å². The second-order valence-electron chi connectivity index (χ2n) is 8.64. The fourth-order valence-electron chi connectivity index (χ4n) is 4.12. The number of benzene rings is 2. The van der Waals surface area contributed by atoms with Crippen LogP contribution in [-0.4, -0.2) is 40.7 Å². The molecule has 1 saturated carbocycles. The van der Waals surface area contributed by atoms with Gasteiger partial charge in [-0.3, -0.25) is 4.98 Å². The molecule has 0 amide bonds. The van der Waals surface area contributed by atoms with Crippen LogP contribution < -0.4 is 16.5 Å². The van der Waals surface area contributed by atoms with Gasteiger partial charge in [0.15, 0.2) is 5.65 Å². The van der Waals surface area contributed by atoms with Crippen LogP contribution in [0.2, 0.25) is 0 Å². The Labute approximate surface area is 199 Å². The Hall–Kier alpha value is -4.53. The first kappa shape index (κ1) is 21.0. The summed E-state index contributed by atoms with van der Waals surface area (Å²) in [6.45, 7) is 0. The predicted octanol–water partition coefficient (Wildman–Crippen LogP) is 1.91. The van der Waals surface area contributed by atoms with E-state index in [1.54, 1.807) is 16.8 Å². The SMILES string of the molecule is O=c1[nH]c(O)c(C=c2cnn3c(=NC4CC4)nc(CCc4ccccc4-c4ccccc4)nc23)[nH]1. The van der Waals surface area contributed by atoms with Gasteiger partial charge in [-0.15, -0.1) is 0 Å². The standard InChI is InChI=1S/C26H23N7O2/c34-24-21(29-26(35)32-24)14-18-15-27-33-23(18)30-22(31-25(33)28-19-11-12-19)13-10-17-8-4-5-9-20(17)16-6-2-1-3-7-16/h1-9,14-15,19,34H,10-13H2,(H2,29,32,35). The molecule has 3 aromatic heterocycles. The number of hydrogen-bond donors (Lipinski definition) is 3. The van der Waals surface area contributed by atoms with E-state index in [0.29, 0.717) is 28.7 Å². The Morgan fingerprint density at radius 2 is 1.83 bits per heavy atom. The Morgan fingerprint density at radius 1 is 1.03 bits per heavy atom. The van der Waals surface area contributed by atoms with Crippen LogP contribution in [0, 0.1) is 0 Å². The number of rotatable bonds is 6. The Balaban J connectivity index is 1.40. The molecule has 0 spiro atoms. The molecule has 0 bridgehead atoms. The van der Waals surface area contributed by atoms with Crippen molar-refractivity contribution in [2.75, 3.05) is 0 Å². The number of H-pyrrole nitrogens is 2. The molecule has 0 unspecified atom stereocenters. The first-order valence-corrected chi connectivity index (χ1v) is 11.6. The van der Waals surface area contributed by atoms with Crippen molar-refractivity contribution in [3.8, 4) is 17.0 Å². The maximum atomic E-state index is 11.5. The number of nitrogens with zero attached hydrogens (tertiary/aromatic N) is 5. The zero-order chi connectivity index (χ0) is 23.8. The lowest BCUT2D eigenvalue weighted by atomic mass is 9.97. The fraction of sp³-hybridized carbons (Fsp3) is 0.192. The minimum Gasteiger partial charge on any atom is -0.493 e. The zero-order valence-corrected chi connectivity index (χ0v) is 18.8. The first-order valence-electron chi connectivity index (χ1n) is 11.6. The van der Waals surface area contributed by atoms with Gasteiger partial charge in [0, 0.05) is 11.6 Å². The van der Waals surface area contributed by atoms with E-state index in [-0.39, 0.29) is 17.6 Å². The summed E-state index contributed by atoms with van der Waals surface area (Å²) in [5.41, 5.74) is 4.48. The minimum absolute atomic E-state index is 0.232. The highest BCUT2D eigenvalue weighted by Gasteiger charge is 2.21. The maximum absolute atomic E-state index is 11.5. The van der Waals surface area contributed by atoms with Gasteiger partial charge in [0.1, 0.15) is 11.5 Å². The van der Waals surface area contributed by atoms with Gasteiger partial charge in [0.2, 0.25) is 11.5 Å². The van der Waals surface area contributed by atoms with Crippen LogP contribution in [-0.2, 0) is 12.8 Å². The topological polar surface area (TPSA) is 124 Å². The van der Waals surface area contributed by atoms with Crippen LogP contribution in [0.4, 0.5) is 0 Å². The van der Waals surface area contributed by atoms with E-state index in [1.807, 2.05) is 24.3 Å². The highest BCUT2D eigenvalue weighted by Crippen LogP contribution is 2.24. The van der Waals surface area contributed by atoms with Crippen LogP contribution in [0.3, 0.4) is 0 Å². The van der Waals surface area contributed by atoms with Gasteiger partial charge in [-0.2, -0.15) is 14.6 Å². The van der Waals surface area contributed by atoms with Crippen molar-refractivity contribution in [1.29, 1.82) is 0 Å². The monoisotopic (exact) mass is 465 g/mol. The molecule has 0 radical (unpaired) electrons. The second kappa shape index (κ2) is 8.68. The first-order chi connectivity index (χ1) is 17.1. The van der Waals surface area contributed by atoms with Crippen molar-refractivity contribution in [2.45, 2.75) is 31.7 Å². The molecule has 9 heteroatoms. The van der Waals surface area contributed by atoms with E-state index in [1.165, 1.54) is 16.7 Å². The van der Waals surface area contributed by atoms with Crippen molar-refractivity contribution in [2.24, 2.45) is 4.99 Å². The molecule has 35 heavy (non-hydrogen) atoms. The Bertz CT molecular complexity index is 1700. The summed E-state index contributed by atoms with van der Waals surface area (Å²) >= 11 is 0. The number of fused-ring (bicyclic) bond motifs is 1. The van der Waals surface area contributed by atoms with Crippen LogP contribution in [0.1, 0.15) is 29.9 Å². The van der Waals surface area contributed by atoms with Gasteiger partial charge in [-0.25, -0.2) is 14.8 Å². The van der Waals surface area contributed by atoms with E-state index in [2.05, 4.69) is 45.4 Å². The normalized spacial score (nSPS) is 14.7. The summed E-state index contributed by atoms with van der Waals surface area (Å²) in [5, 5.41) is 15.0. The number of aromatic hydroxyl groups is 1. The average molecular weight is 466 g/mol. The zero-order valence-electron chi connectivity index (χ0n) is 18.8. The van der Waals surface area contributed by atoms with Gasteiger partial charge in [0.05, 0.1) is 12.2 Å². The lowest BCUT2D eigenvalue weighted by molar-refractivity contribution is 0.454. The summed E-state index contributed by atoms with van der Waals surface area (Å²) in [6.07, 6.45) is 6.76. The molecule has 1 aliphatic carbocycles. The Kier molecular flexibility index (Phi) is 5.21. The lowest BCUT2D eigenvalue weighted by Crippen LogP contribution is -2.25. The number of nitrogens with one attached hydrogen (secondary N) is 2. The molecule has 5 aromatic rings. The molecular weight excluding hydrogens is 442 g/mol. The second-order valence-corrected chi connectivity index (χ2v) is 8.64. The summed E-state index contributed by atoms with van der Waals surface area (Å²) in [7, 11) is 0. The molecule has 1 aliphatic rings. The van der Waals surface area contributed by atoms with Gasteiger partial charge < -0.3 is 10.1 Å². The van der Waals surface area contributed by atoms with E-state index in [0.717, 1.165) is 19.3 Å². The van der Waals surface area contributed by atoms with E-state index in [4.69, 9.17) is 15.0 Å². The summed E-state index contributed by atoms with van der Waals surface area (Å²) in [6, 6.07) is 19.0. The van der Waals surface area contributed by atoms with Crippen molar-refractivity contribution in [3.63, 3.8) is 0 Å². The number of hydrogen-bond acceptors (Lipinski definition) is 6. The minimum atomic E-state index is -0.484. The third kappa shape index (κ3) is 4.35. The molecule has 0 aliphatic heterocycles. The van der Waals surface area contributed by atoms with Gasteiger partial charge >= 0.3 is 5.69 Å². The molecule has 2 aromatic carbocycles. The van der Waals surface area contributed by atoms with Gasteiger partial charge in [-0.1, -0.05) is 54.6 Å². The molecule has 0 atom stereocenters. The molecule has 9 nitrogen and oxygen atoms in total. The predicted molar refractivity (Wildman–Crippen MR) is 131 cm³/mol. The van der Waals surface area contributed by atoms with Crippen molar-refractivity contribution in [1.82, 2.24) is 29.5 Å². The third-order valence-electron chi connectivity index (χ3n) is 6.02. The van der Waals surface area contributed by atoms with Crippen molar-refractivity contribution < 1.29 is 5.11 Å². The molecule has 6 rings (SSSR count). The van der Waals surface area contributed by atoms with Crippen LogP contribution in [0.15, 0.2) is 70.6 Å². The van der Waals surface area contributed by atoms with Crippen LogP contribution >= 0.6 is 0 Å². The molecule has 3 heterocycles. The van der Waals surface area contributed by atoms with E-state index in [9.17, 15) is 9.90 Å². The molecule has 0 saturated heterocycles. The summed E-state index contributed by atoms with van der Waals surface area (Å²) in [4.78, 5) is 30.7. The lowest BCUT2D eigenvalue weighted by Gasteiger charge is -2.09. The highest BCUT2D eigenvalue weighted by molar-refractivity contribution is 5.67. The number of imidazole rings is 1. The molecule has 3 N–H and O–H groups in total. The van der Waals surface area contributed by atoms with Crippen molar-refractivity contribution >= 4 is 11.7 Å². The van der Waals surface area contributed by atoms with Gasteiger partial charge in [-0.05, 0) is 42.0 Å². The van der Waals surface area contributed by atoms with Crippen LogP contribution in [0.25, 0.3) is 22.9 Å². The highest BCUT2D eigenvalue weighted by atomic mass is 16.3. The Morgan fingerprint density at radius 3 is 2.60 bits per heavy atom. The molecule has 1 fully saturated rings. The third-order valence-corrected chi connectivity index (χ3v) is 6.02. The number of aromatic nitrogens is 6. The van der Waals surface area contributed by atoms with E-state index < -0.39 is 5.69 Å². The summed E-state index contributed by atoms with van der Waals surface area (Å²) < 4.78 is 1.62.